The van der Waals surface area contributed by atoms with Gasteiger partial charge in [-0.25, -0.2) is 4.39 Å². The number of hydrogen-bond acceptors (Lipinski definition) is 2. The van der Waals surface area contributed by atoms with Gasteiger partial charge in [-0.05, 0) is 17.0 Å². The fourth-order valence-corrected chi connectivity index (χ4v) is 1.56. The van der Waals surface area contributed by atoms with Crippen molar-refractivity contribution in [3.63, 3.8) is 0 Å². The van der Waals surface area contributed by atoms with Crippen molar-refractivity contribution in [1.82, 2.24) is 0 Å². The topological polar surface area (TPSA) is 49.9 Å². The molecule has 0 aliphatic heterocycles. The van der Waals surface area contributed by atoms with Crippen LogP contribution in [-0.4, -0.2) is 12.4 Å². The van der Waals surface area contributed by atoms with Crippen LogP contribution in [0.4, 0.5) is 4.39 Å². The normalized spacial score (nSPS) is 23.0. The molecular weight excluding hydrogens is 223 g/mol. The molecule has 0 aromatic rings. The third-order valence-corrected chi connectivity index (χ3v) is 2.41. The van der Waals surface area contributed by atoms with E-state index in [1.807, 2.05) is 6.08 Å². The minimum Gasteiger partial charge on any atom is -0.401 e. The highest BCUT2D eigenvalue weighted by Gasteiger charge is 2.20. The summed E-state index contributed by atoms with van der Waals surface area (Å²) < 4.78 is 13.1. The highest BCUT2D eigenvalue weighted by Crippen LogP contribution is 2.26. The fourth-order valence-electron chi connectivity index (χ4n) is 1.10. The number of nitrogens with one attached hydrogen (secondary N) is 1. The Morgan fingerprint density at radius 2 is 2.42 bits per heavy atom. The van der Waals surface area contributed by atoms with E-state index in [1.165, 1.54) is 0 Å². The van der Waals surface area contributed by atoms with Gasteiger partial charge < -0.3 is 11.1 Å². The van der Waals surface area contributed by atoms with Gasteiger partial charge in [-0.3, -0.25) is 0 Å². The summed E-state index contributed by atoms with van der Waals surface area (Å²) in [6.07, 6.45) is 4.14. The van der Waals surface area contributed by atoms with Crippen LogP contribution in [0.15, 0.2) is 22.3 Å². The quantitative estimate of drug-likeness (QED) is 0.705. The summed E-state index contributed by atoms with van der Waals surface area (Å²) >= 11 is 3.30. The molecule has 0 spiro atoms. The van der Waals surface area contributed by atoms with E-state index in [2.05, 4.69) is 15.9 Å². The van der Waals surface area contributed by atoms with Gasteiger partial charge in [0.1, 0.15) is 6.67 Å². The van der Waals surface area contributed by atoms with Gasteiger partial charge in [0, 0.05) is 17.3 Å². The molecule has 1 atom stereocenters. The molecule has 12 heavy (non-hydrogen) atoms. The number of nitrogens with two attached hydrogens (primary N) is 1. The Morgan fingerprint density at radius 1 is 1.75 bits per heavy atom. The lowest BCUT2D eigenvalue weighted by molar-refractivity contribution is 0.560. The van der Waals surface area contributed by atoms with Gasteiger partial charge in [-0.15, -0.1) is 0 Å². The van der Waals surface area contributed by atoms with Crippen LogP contribution < -0.4 is 5.73 Å². The van der Waals surface area contributed by atoms with Gasteiger partial charge in [-0.1, -0.05) is 22.0 Å². The zero-order valence-electron chi connectivity index (χ0n) is 6.48. The zero-order chi connectivity index (χ0) is 9.14. The predicted octanol–water partition coefficient (Wildman–Crippen LogP) is 2.12. The molecule has 0 saturated carbocycles. The average molecular weight is 233 g/mol. The Kier molecular flexibility index (Phi) is 3.03. The summed E-state index contributed by atoms with van der Waals surface area (Å²) in [7, 11) is 0. The Hall–Kier alpha value is -0.640. The fraction of sp³-hybridized carbons (Fsp3) is 0.375. The van der Waals surface area contributed by atoms with Gasteiger partial charge in [0.05, 0.1) is 0 Å². The minimum atomic E-state index is -0.723. The van der Waals surface area contributed by atoms with Crippen LogP contribution in [0.3, 0.4) is 0 Å². The van der Waals surface area contributed by atoms with E-state index in [0.717, 1.165) is 4.48 Å². The molecule has 3 N–H and O–H groups in total. The second kappa shape index (κ2) is 3.85. The molecule has 4 heteroatoms. The number of rotatable bonds is 2. The lowest BCUT2D eigenvalue weighted by Gasteiger charge is -2.19. The Balaban J connectivity index is 2.76. The monoisotopic (exact) mass is 232 g/mol. The van der Waals surface area contributed by atoms with E-state index in [-0.39, 0.29) is 11.6 Å². The molecule has 1 rings (SSSR count). The number of halogens is 2. The summed E-state index contributed by atoms with van der Waals surface area (Å²) in [5, 5.41) is 7.31. The lowest BCUT2D eigenvalue weighted by Crippen LogP contribution is -2.24. The molecule has 1 aliphatic rings. The lowest BCUT2D eigenvalue weighted by atomic mass is 9.93. The molecule has 0 saturated heterocycles. The van der Waals surface area contributed by atoms with Crippen LogP contribution in [0.1, 0.15) is 6.42 Å². The van der Waals surface area contributed by atoms with Gasteiger partial charge in [-0.2, -0.15) is 0 Å². The molecule has 0 bridgehead atoms. The Morgan fingerprint density at radius 3 is 3.00 bits per heavy atom. The van der Waals surface area contributed by atoms with Crippen molar-refractivity contribution in [1.29, 1.82) is 5.41 Å². The minimum absolute atomic E-state index is 0.0498. The van der Waals surface area contributed by atoms with Crippen LogP contribution >= 0.6 is 15.9 Å². The SMILES string of the molecule is N=C(CF)C1CC(Br)=CC=C1N. The first-order chi connectivity index (χ1) is 5.65. The molecule has 0 aromatic carbocycles. The molecular formula is C8H10BrFN2. The van der Waals surface area contributed by atoms with Crippen molar-refractivity contribution in [3.05, 3.63) is 22.3 Å². The third-order valence-electron chi connectivity index (χ3n) is 1.82. The van der Waals surface area contributed by atoms with Crippen molar-refractivity contribution in [2.45, 2.75) is 6.42 Å². The van der Waals surface area contributed by atoms with E-state index in [1.54, 1.807) is 6.08 Å². The predicted molar refractivity (Wildman–Crippen MR) is 51.1 cm³/mol. The summed E-state index contributed by atoms with van der Waals surface area (Å²) in [5.41, 5.74) is 6.23. The molecule has 2 nitrogen and oxygen atoms in total. The van der Waals surface area contributed by atoms with E-state index in [0.29, 0.717) is 12.1 Å². The maximum absolute atomic E-state index is 12.1. The van der Waals surface area contributed by atoms with Crippen LogP contribution in [0.2, 0.25) is 0 Å². The summed E-state index contributed by atoms with van der Waals surface area (Å²) in [4.78, 5) is 0. The summed E-state index contributed by atoms with van der Waals surface area (Å²) in [5.74, 6) is -0.255. The average Bonchev–Trinajstić information content (AvgIpc) is 2.08. The molecule has 1 unspecified atom stereocenters. The maximum Gasteiger partial charge on any atom is 0.128 e. The largest absolute Gasteiger partial charge is 0.401 e. The van der Waals surface area contributed by atoms with Crippen LogP contribution in [0.25, 0.3) is 0 Å². The number of hydrogen-bond donors (Lipinski definition) is 2. The zero-order valence-corrected chi connectivity index (χ0v) is 8.07. The van der Waals surface area contributed by atoms with E-state index >= 15 is 0 Å². The maximum atomic E-state index is 12.1. The number of allylic oxidation sites excluding steroid dienone is 4. The molecule has 1 aliphatic carbocycles. The number of alkyl halides is 1. The van der Waals surface area contributed by atoms with Gasteiger partial charge in [0.25, 0.3) is 0 Å². The highest BCUT2D eigenvalue weighted by atomic mass is 79.9. The second-order valence-corrected chi connectivity index (χ2v) is 3.71. The van der Waals surface area contributed by atoms with E-state index in [4.69, 9.17) is 11.1 Å². The van der Waals surface area contributed by atoms with Crippen molar-refractivity contribution < 1.29 is 4.39 Å². The summed E-state index contributed by atoms with van der Waals surface area (Å²) in [6, 6.07) is 0. The van der Waals surface area contributed by atoms with Crippen LogP contribution in [-0.2, 0) is 0 Å². The van der Waals surface area contributed by atoms with Crippen molar-refractivity contribution >= 4 is 21.6 Å². The first-order valence-corrected chi connectivity index (χ1v) is 4.39. The van der Waals surface area contributed by atoms with Gasteiger partial charge in [0.15, 0.2) is 0 Å². The van der Waals surface area contributed by atoms with E-state index < -0.39 is 6.67 Å². The third kappa shape index (κ3) is 1.94. The molecule has 0 aromatic heterocycles. The molecule has 0 radical (unpaired) electrons. The summed E-state index contributed by atoms with van der Waals surface area (Å²) in [6.45, 7) is -0.723. The second-order valence-electron chi connectivity index (χ2n) is 2.70. The van der Waals surface area contributed by atoms with Crippen LogP contribution in [0.5, 0.6) is 0 Å². The Bertz CT molecular complexity index is 258. The standard InChI is InChI=1S/C8H10BrFN2/c9-5-1-2-7(11)6(3-5)8(12)4-10/h1-2,6,12H,3-4,11H2. The van der Waals surface area contributed by atoms with Gasteiger partial charge in [0.2, 0.25) is 0 Å². The molecule has 0 fully saturated rings. The Labute approximate surface area is 79.0 Å². The highest BCUT2D eigenvalue weighted by molar-refractivity contribution is 9.11. The molecule has 0 amide bonds. The van der Waals surface area contributed by atoms with Crippen molar-refractivity contribution in [3.8, 4) is 0 Å². The molecule has 66 valence electrons. The van der Waals surface area contributed by atoms with Crippen molar-refractivity contribution in [2.75, 3.05) is 6.67 Å². The van der Waals surface area contributed by atoms with E-state index in [9.17, 15) is 4.39 Å². The van der Waals surface area contributed by atoms with Gasteiger partial charge >= 0.3 is 0 Å². The van der Waals surface area contributed by atoms with Crippen molar-refractivity contribution in [2.24, 2.45) is 11.7 Å². The molecule has 0 heterocycles. The first kappa shape index (κ1) is 9.45. The van der Waals surface area contributed by atoms with Crippen LogP contribution in [0, 0.1) is 11.3 Å². The smallest absolute Gasteiger partial charge is 0.128 e. The first-order valence-electron chi connectivity index (χ1n) is 3.60.